The summed E-state index contributed by atoms with van der Waals surface area (Å²) in [6.45, 7) is 5.63. The first kappa shape index (κ1) is 20.5. The van der Waals surface area contributed by atoms with Gasteiger partial charge in [0.15, 0.2) is 12.0 Å². The van der Waals surface area contributed by atoms with Crippen LogP contribution in [0, 0.1) is 0 Å². The zero-order valence-electron chi connectivity index (χ0n) is 16.4. The molecule has 2 fully saturated rings. The molecule has 2 heterocycles. The van der Waals surface area contributed by atoms with Crippen molar-refractivity contribution in [2.75, 3.05) is 31.6 Å². The molecule has 0 aromatic heterocycles. The van der Waals surface area contributed by atoms with Crippen molar-refractivity contribution in [3.05, 3.63) is 23.2 Å². The molecule has 3 atom stereocenters. The van der Waals surface area contributed by atoms with Crippen LogP contribution in [0.2, 0.25) is 5.02 Å². The fraction of sp³-hybridized carbons (Fsp3) is 0.579. The number of amides is 3. The number of nitrogens with zero attached hydrogens (tertiary/aromatic N) is 2. The van der Waals surface area contributed by atoms with Crippen molar-refractivity contribution >= 4 is 29.2 Å². The van der Waals surface area contributed by atoms with E-state index in [4.69, 9.17) is 16.3 Å². The van der Waals surface area contributed by atoms with E-state index in [9.17, 15) is 14.7 Å². The minimum absolute atomic E-state index is 0.0131. The molecule has 0 bridgehead atoms. The maximum atomic E-state index is 12.7. The molecule has 9 heteroatoms. The van der Waals surface area contributed by atoms with Crippen LogP contribution >= 0.6 is 11.6 Å². The zero-order valence-corrected chi connectivity index (χ0v) is 17.1. The largest absolute Gasteiger partial charge is 0.493 e. The molecular formula is C19H27ClN4O4. The van der Waals surface area contributed by atoms with Crippen molar-refractivity contribution in [3.8, 4) is 5.75 Å². The van der Waals surface area contributed by atoms with E-state index < -0.39 is 17.8 Å². The molecule has 0 spiro atoms. The van der Waals surface area contributed by atoms with Crippen molar-refractivity contribution in [1.82, 2.24) is 15.5 Å². The SMILES string of the molecule is COc1c(Cl)cccc1N1CCN(C(=O)CC[C@@]2(C)NC(=O)NC2O)C[C@@H]1C. The third-order valence-corrected chi connectivity index (χ3v) is 5.87. The Morgan fingerprint density at radius 3 is 2.79 bits per heavy atom. The van der Waals surface area contributed by atoms with E-state index in [-0.39, 0.29) is 18.4 Å². The van der Waals surface area contributed by atoms with Gasteiger partial charge in [0, 0.05) is 32.1 Å². The number of anilines is 1. The summed E-state index contributed by atoms with van der Waals surface area (Å²) < 4.78 is 5.46. The normalized spacial score (nSPS) is 27.4. The number of carbonyl (C=O) groups is 2. The van der Waals surface area contributed by atoms with Crippen LogP contribution in [0.1, 0.15) is 26.7 Å². The fourth-order valence-corrected chi connectivity index (χ4v) is 4.09. The summed E-state index contributed by atoms with van der Waals surface area (Å²) in [4.78, 5) is 28.1. The van der Waals surface area contributed by atoms with Gasteiger partial charge in [-0.05, 0) is 32.4 Å². The van der Waals surface area contributed by atoms with Gasteiger partial charge in [-0.3, -0.25) is 4.79 Å². The molecule has 0 saturated carbocycles. The molecule has 2 aliphatic rings. The second-order valence-corrected chi connectivity index (χ2v) is 8.00. The Labute approximate surface area is 169 Å². The van der Waals surface area contributed by atoms with Crippen LogP contribution in [0.15, 0.2) is 18.2 Å². The number of rotatable bonds is 5. The molecular weight excluding hydrogens is 384 g/mol. The quantitative estimate of drug-likeness (QED) is 0.684. The van der Waals surface area contributed by atoms with E-state index in [0.717, 1.165) is 5.69 Å². The molecule has 1 aromatic carbocycles. The summed E-state index contributed by atoms with van der Waals surface area (Å²) >= 11 is 6.24. The van der Waals surface area contributed by atoms with Crippen LogP contribution in [0.4, 0.5) is 10.5 Å². The smallest absolute Gasteiger partial charge is 0.317 e. The van der Waals surface area contributed by atoms with E-state index in [2.05, 4.69) is 22.5 Å². The number of para-hydroxylation sites is 1. The molecule has 8 nitrogen and oxygen atoms in total. The van der Waals surface area contributed by atoms with Gasteiger partial charge in [0.05, 0.1) is 23.4 Å². The van der Waals surface area contributed by atoms with Crippen LogP contribution in [-0.4, -0.2) is 66.5 Å². The standard InChI is InChI=1S/C19H27ClN4O4/c1-12-11-23(15(25)7-8-19(2)17(26)21-18(27)22-19)9-10-24(12)14-6-4-5-13(20)16(14)28-3/h4-6,12,17,26H,7-11H2,1-3H3,(H2,21,22,27)/t12-,17?,19+/m0/s1. The summed E-state index contributed by atoms with van der Waals surface area (Å²) in [6.07, 6.45) is -0.385. The highest BCUT2D eigenvalue weighted by Gasteiger charge is 2.42. The number of urea groups is 1. The number of aliphatic hydroxyl groups excluding tert-OH is 1. The molecule has 3 rings (SSSR count). The number of methoxy groups -OCH3 is 1. The summed E-state index contributed by atoms with van der Waals surface area (Å²) in [5.41, 5.74) is 0.0823. The lowest BCUT2D eigenvalue weighted by molar-refractivity contribution is -0.132. The molecule has 0 aliphatic carbocycles. The lowest BCUT2D eigenvalue weighted by Gasteiger charge is -2.42. The van der Waals surface area contributed by atoms with Gasteiger partial charge < -0.3 is 30.3 Å². The molecule has 2 saturated heterocycles. The molecule has 1 unspecified atom stereocenters. The Bertz CT molecular complexity index is 761. The lowest BCUT2D eigenvalue weighted by Crippen LogP contribution is -2.54. The Balaban J connectivity index is 1.60. The molecule has 1 aromatic rings. The van der Waals surface area contributed by atoms with E-state index >= 15 is 0 Å². The maximum Gasteiger partial charge on any atom is 0.317 e. The minimum Gasteiger partial charge on any atom is -0.493 e. The Morgan fingerprint density at radius 2 is 2.18 bits per heavy atom. The van der Waals surface area contributed by atoms with Crippen LogP contribution in [-0.2, 0) is 4.79 Å². The Hall–Kier alpha value is -2.19. The van der Waals surface area contributed by atoms with Gasteiger partial charge in [0.2, 0.25) is 5.91 Å². The van der Waals surface area contributed by atoms with Crippen LogP contribution < -0.4 is 20.3 Å². The minimum atomic E-state index is -1.00. The lowest BCUT2D eigenvalue weighted by atomic mass is 9.94. The molecule has 28 heavy (non-hydrogen) atoms. The Kier molecular flexibility index (Phi) is 5.90. The van der Waals surface area contributed by atoms with E-state index in [1.165, 1.54) is 0 Å². The highest BCUT2D eigenvalue weighted by Crippen LogP contribution is 2.37. The van der Waals surface area contributed by atoms with Gasteiger partial charge in [0.25, 0.3) is 0 Å². The fourth-order valence-electron chi connectivity index (χ4n) is 3.84. The third kappa shape index (κ3) is 3.98. The number of halogens is 1. The van der Waals surface area contributed by atoms with Crippen LogP contribution in [0.3, 0.4) is 0 Å². The highest BCUT2D eigenvalue weighted by molar-refractivity contribution is 6.32. The van der Waals surface area contributed by atoms with E-state index in [0.29, 0.717) is 36.8 Å². The monoisotopic (exact) mass is 410 g/mol. The first-order valence-electron chi connectivity index (χ1n) is 9.39. The maximum absolute atomic E-state index is 12.7. The summed E-state index contributed by atoms with van der Waals surface area (Å²) in [5, 5.41) is 15.6. The number of hydrogen-bond acceptors (Lipinski definition) is 5. The van der Waals surface area contributed by atoms with Crippen molar-refractivity contribution in [2.24, 2.45) is 0 Å². The molecule has 0 radical (unpaired) electrons. The first-order chi connectivity index (χ1) is 13.2. The number of benzene rings is 1. The second kappa shape index (κ2) is 8.05. The number of nitrogens with one attached hydrogen (secondary N) is 2. The van der Waals surface area contributed by atoms with Crippen molar-refractivity contribution < 1.29 is 19.4 Å². The average molecular weight is 411 g/mol. The van der Waals surface area contributed by atoms with Crippen LogP contribution in [0.5, 0.6) is 5.75 Å². The zero-order chi connectivity index (χ0) is 20.5. The molecule has 2 aliphatic heterocycles. The van der Waals surface area contributed by atoms with E-state index in [1.807, 2.05) is 17.0 Å². The molecule has 3 N–H and O–H groups in total. The summed E-state index contributed by atoms with van der Waals surface area (Å²) in [5.74, 6) is 0.654. The first-order valence-corrected chi connectivity index (χ1v) is 9.76. The van der Waals surface area contributed by atoms with Crippen LogP contribution in [0.25, 0.3) is 0 Å². The van der Waals surface area contributed by atoms with Crippen molar-refractivity contribution in [3.63, 3.8) is 0 Å². The molecule has 3 amide bonds. The average Bonchev–Trinajstić information content (AvgIpc) is 2.91. The highest BCUT2D eigenvalue weighted by atomic mass is 35.5. The summed E-state index contributed by atoms with van der Waals surface area (Å²) in [7, 11) is 1.60. The summed E-state index contributed by atoms with van der Waals surface area (Å²) in [6, 6.07) is 5.33. The van der Waals surface area contributed by atoms with Gasteiger partial charge in [-0.1, -0.05) is 17.7 Å². The van der Waals surface area contributed by atoms with E-state index in [1.54, 1.807) is 20.1 Å². The topological polar surface area (TPSA) is 94.1 Å². The number of ether oxygens (including phenoxy) is 1. The van der Waals surface area contributed by atoms with Gasteiger partial charge >= 0.3 is 6.03 Å². The Morgan fingerprint density at radius 1 is 1.43 bits per heavy atom. The number of piperazine rings is 1. The number of aliphatic hydroxyl groups is 1. The molecule has 154 valence electrons. The van der Waals surface area contributed by atoms with Gasteiger partial charge in [0.1, 0.15) is 0 Å². The third-order valence-electron chi connectivity index (χ3n) is 5.57. The van der Waals surface area contributed by atoms with Gasteiger partial charge in [-0.2, -0.15) is 0 Å². The van der Waals surface area contributed by atoms with Crippen molar-refractivity contribution in [1.29, 1.82) is 0 Å². The van der Waals surface area contributed by atoms with Gasteiger partial charge in [-0.25, -0.2) is 4.79 Å². The second-order valence-electron chi connectivity index (χ2n) is 7.59. The number of hydrogen-bond donors (Lipinski definition) is 3. The predicted octanol–water partition coefficient (Wildman–Crippen LogP) is 1.56. The van der Waals surface area contributed by atoms with Crippen molar-refractivity contribution in [2.45, 2.75) is 44.5 Å². The number of carbonyl (C=O) groups excluding carboxylic acids is 2. The van der Waals surface area contributed by atoms with Gasteiger partial charge in [-0.15, -0.1) is 0 Å². The predicted molar refractivity (Wildman–Crippen MR) is 107 cm³/mol.